The van der Waals surface area contributed by atoms with E-state index in [-0.39, 0.29) is 12.3 Å². The number of amides is 1. The zero-order valence-corrected chi connectivity index (χ0v) is 11.7. The summed E-state index contributed by atoms with van der Waals surface area (Å²) in [4.78, 5) is 24.3. The molecule has 0 aromatic carbocycles. The molecule has 2 aromatic heterocycles. The van der Waals surface area contributed by atoms with Gasteiger partial charge >= 0.3 is 5.97 Å². The van der Waals surface area contributed by atoms with Crippen LogP contribution in [-0.2, 0) is 11.3 Å². The summed E-state index contributed by atoms with van der Waals surface area (Å²) in [6, 6.07) is 5.05. The molecule has 0 aliphatic rings. The van der Waals surface area contributed by atoms with Gasteiger partial charge in [0.2, 0.25) is 0 Å². The molecule has 21 heavy (non-hydrogen) atoms. The van der Waals surface area contributed by atoms with Crippen LogP contribution in [0.3, 0.4) is 0 Å². The van der Waals surface area contributed by atoms with Gasteiger partial charge in [-0.25, -0.2) is 0 Å². The lowest BCUT2D eigenvalue weighted by Gasteiger charge is -2.18. The first-order valence-electron chi connectivity index (χ1n) is 6.67. The number of hydrogen-bond donors (Lipinski definition) is 1. The van der Waals surface area contributed by atoms with Crippen molar-refractivity contribution in [1.82, 2.24) is 14.7 Å². The fourth-order valence-corrected chi connectivity index (χ4v) is 1.97. The molecule has 0 unspecified atom stereocenters. The van der Waals surface area contributed by atoms with Crippen molar-refractivity contribution in [1.29, 1.82) is 0 Å². The summed E-state index contributed by atoms with van der Waals surface area (Å²) < 4.78 is 7.16. The van der Waals surface area contributed by atoms with E-state index in [9.17, 15) is 9.59 Å². The third-order valence-corrected chi connectivity index (χ3v) is 2.86. The molecule has 0 bridgehead atoms. The lowest BCUT2D eigenvalue weighted by Crippen LogP contribution is -2.36. The molecule has 1 N–H and O–H groups in total. The molecule has 7 nitrogen and oxygen atoms in total. The van der Waals surface area contributed by atoms with Gasteiger partial charge in [-0.05, 0) is 24.6 Å². The van der Waals surface area contributed by atoms with Crippen LogP contribution in [-0.4, -0.2) is 44.8 Å². The van der Waals surface area contributed by atoms with Gasteiger partial charge in [0.05, 0.1) is 6.54 Å². The Hall–Kier alpha value is -2.57. The first-order chi connectivity index (χ1) is 10.1. The predicted molar refractivity (Wildman–Crippen MR) is 73.9 cm³/mol. The zero-order chi connectivity index (χ0) is 15.2. The smallest absolute Gasteiger partial charge is 0.323 e. The number of carboxylic acid groups (broad SMARTS) is 1. The lowest BCUT2D eigenvalue weighted by molar-refractivity contribution is -0.137. The van der Waals surface area contributed by atoms with E-state index in [0.717, 1.165) is 0 Å². The van der Waals surface area contributed by atoms with Gasteiger partial charge in [-0.3, -0.25) is 14.3 Å². The van der Waals surface area contributed by atoms with Crippen LogP contribution in [0.1, 0.15) is 29.7 Å². The third kappa shape index (κ3) is 3.95. The number of hydrogen-bond acceptors (Lipinski definition) is 4. The normalized spacial score (nSPS) is 10.5. The molecule has 0 saturated heterocycles. The van der Waals surface area contributed by atoms with Crippen molar-refractivity contribution < 1.29 is 19.1 Å². The number of rotatable bonds is 7. The van der Waals surface area contributed by atoms with Gasteiger partial charge in [0.25, 0.3) is 5.91 Å². The number of carboxylic acids is 1. The summed E-state index contributed by atoms with van der Waals surface area (Å²) in [5, 5.41) is 12.9. The number of aromatic nitrogens is 2. The van der Waals surface area contributed by atoms with Gasteiger partial charge in [-0.15, -0.1) is 0 Å². The van der Waals surface area contributed by atoms with Gasteiger partial charge < -0.3 is 14.4 Å². The molecular formula is C14H17N3O4. The molecule has 0 fully saturated rings. The van der Waals surface area contributed by atoms with Crippen LogP contribution < -0.4 is 0 Å². The van der Waals surface area contributed by atoms with Gasteiger partial charge in [-0.1, -0.05) is 6.92 Å². The Morgan fingerprint density at radius 3 is 2.86 bits per heavy atom. The lowest BCUT2D eigenvalue weighted by atomic mass is 10.3. The Bertz CT molecular complexity index is 604. The van der Waals surface area contributed by atoms with Gasteiger partial charge in [0.15, 0.2) is 5.76 Å². The summed E-state index contributed by atoms with van der Waals surface area (Å²) in [7, 11) is 0. The minimum absolute atomic E-state index is 0.145. The summed E-state index contributed by atoms with van der Waals surface area (Å²) in [6.45, 7) is 2.35. The third-order valence-electron chi connectivity index (χ3n) is 2.86. The van der Waals surface area contributed by atoms with Crippen molar-refractivity contribution in [3.8, 4) is 0 Å². The average molecular weight is 291 g/mol. The number of aliphatic carboxylic acids is 1. The number of carbonyl (C=O) groups excluding carboxylic acids is 1. The summed E-state index contributed by atoms with van der Waals surface area (Å²) >= 11 is 0. The molecule has 0 saturated carbocycles. The van der Waals surface area contributed by atoms with E-state index >= 15 is 0 Å². The molecule has 2 rings (SSSR count). The van der Waals surface area contributed by atoms with Crippen molar-refractivity contribution in [2.45, 2.75) is 19.9 Å². The molecule has 2 aromatic rings. The van der Waals surface area contributed by atoms with Crippen molar-refractivity contribution >= 4 is 11.9 Å². The van der Waals surface area contributed by atoms with Crippen LogP contribution in [0.25, 0.3) is 0 Å². The fourth-order valence-electron chi connectivity index (χ4n) is 1.97. The Morgan fingerprint density at radius 1 is 1.43 bits per heavy atom. The van der Waals surface area contributed by atoms with E-state index in [0.29, 0.717) is 25.3 Å². The second kappa shape index (κ2) is 6.74. The second-order valence-electron chi connectivity index (χ2n) is 4.59. The quantitative estimate of drug-likeness (QED) is 0.834. The van der Waals surface area contributed by atoms with Gasteiger partial charge in [0.1, 0.15) is 12.3 Å². The molecule has 0 aliphatic heterocycles. The number of carbonyl (C=O) groups is 2. The van der Waals surface area contributed by atoms with Crippen LogP contribution in [0.15, 0.2) is 35.0 Å². The van der Waals surface area contributed by atoms with E-state index < -0.39 is 11.9 Å². The standard InChI is InChI=1S/C14H17N3O4/c1-2-7-16(10-13(18)19)14(20)12-5-4-11(21-12)9-17-8-3-6-15-17/h3-6,8H,2,7,9-10H2,1H3,(H,18,19). The maximum absolute atomic E-state index is 12.2. The zero-order valence-electron chi connectivity index (χ0n) is 11.7. The molecule has 112 valence electrons. The van der Waals surface area contributed by atoms with Crippen LogP contribution in [0, 0.1) is 0 Å². The Balaban J connectivity index is 2.07. The van der Waals surface area contributed by atoms with Gasteiger partial charge in [-0.2, -0.15) is 5.10 Å². The highest BCUT2D eigenvalue weighted by Crippen LogP contribution is 2.12. The van der Waals surface area contributed by atoms with E-state index in [2.05, 4.69) is 5.10 Å². The molecule has 7 heteroatoms. The molecule has 0 atom stereocenters. The molecule has 0 spiro atoms. The topological polar surface area (TPSA) is 88.6 Å². The monoisotopic (exact) mass is 291 g/mol. The predicted octanol–water partition coefficient (Wildman–Crippen LogP) is 1.46. The van der Waals surface area contributed by atoms with Gasteiger partial charge in [0, 0.05) is 18.9 Å². The largest absolute Gasteiger partial charge is 0.480 e. The van der Waals surface area contributed by atoms with E-state index in [1.54, 1.807) is 35.3 Å². The average Bonchev–Trinajstić information content (AvgIpc) is 3.09. The molecule has 2 heterocycles. The van der Waals surface area contributed by atoms with Crippen LogP contribution >= 0.6 is 0 Å². The summed E-state index contributed by atoms with van der Waals surface area (Å²) in [6.07, 6.45) is 4.13. The first kappa shape index (κ1) is 14.8. The molecule has 0 aliphatic carbocycles. The molecule has 0 radical (unpaired) electrons. The van der Waals surface area contributed by atoms with Crippen LogP contribution in [0.4, 0.5) is 0 Å². The highest BCUT2D eigenvalue weighted by Gasteiger charge is 2.20. The Kier molecular flexibility index (Phi) is 4.76. The first-order valence-corrected chi connectivity index (χ1v) is 6.67. The molecular weight excluding hydrogens is 274 g/mol. The number of nitrogens with zero attached hydrogens (tertiary/aromatic N) is 3. The van der Waals surface area contributed by atoms with Crippen molar-refractivity contribution in [2.24, 2.45) is 0 Å². The van der Waals surface area contributed by atoms with Crippen molar-refractivity contribution in [2.75, 3.05) is 13.1 Å². The van der Waals surface area contributed by atoms with E-state index in [4.69, 9.17) is 9.52 Å². The second-order valence-corrected chi connectivity index (χ2v) is 4.59. The van der Waals surface area contributed by atoms with Crippen LogP contribution in [0.5, 0.6) is 0 Å². The highest BCUT2D eigenvalue weighted by atomic mass is 16.4. The Morgan fingerprint density at radius 2 is 2.24 bits per heavy atom. The van der Waals surface area contributed by atoms with E-state index in [1.165, 1.54) is 4.90 Å². The maximum Gasteiger partial charge on any atom is 0.323 e. The van der Waals surface area contributed by atoms with Crippen molar-refractivity contribution in [3.63, 3.8) is 0 Å². The van der Waals surface area contributed by atoms with E-state index in [1.807, 2.05) is 6.92 Å². The molecule has 1 amide bonds. The van der Waals surface area contributed by atoms with Crippen LogP contribution in [0.2, 0.25) is 0 Å². The highest BCUT2D eigenvalue weighted by molar-refractivity contribution is 5.93. The minimum atomic E-state index is -1.04. The number of furan rings is 1. The SMILES string of the molecule is CCCN(CC(=O)O)C(=O)c1ccc(Cn2cccn2)o1. The Labute approximate surface area is 121 Å². The minimum Gasteiger partial charge on any atom is -0.480 e. The summed E-state index contributed by atoms with van der Waals surface area (Å²) in [5.74, 6) is -0.716. The fraction of sp³-hybridized carbons (Fsp3) is 0.357. The maximum atomic E-state index is 12.2. The summed E-state index contributed by atoms with van der Waals surface area (Å²) in [5.41, 5.74) is 0. The van der Waals surface area contributed by atoms with Crippen molar-refractivity contribution in [3.05, 3.63) is 42.1 Å².